The van der Waals surface area contributed by atoms with Crippen molar-refractivity contribution in [3.8, 4) is 11.4 Å². The maximum atomic E-state index is 14.0. The predicted molar refractivity (Wildman–Crippen MR) is 82.7 cm³/mol. The van der Waals surface area contributed by atoms with E-state index in [4.69, 9.17) is 16.3 Å². The standard InChI is InChI=1S/C15H15ClFN3O2/c1-4-22-15(21)11-8(2)19-14(20-13(11)18-3)12-9(16)6-5-7-10(12)17/h5-7H,4H2,1-3H3,(H,18,19,20). The second-order valence-electron chi connectivity index (χ2n) is 4.42. The van der Waals surface area contributed by atoms with Crippen LogP contribution in [0.25, 0.3) is 11.4 Å². The number of rotatable bonds is 4. The van der Waals surface area contributed by atoms with E-state index >= 15 is 0 Å². The first kappa shape index (κ1) is 16.2. The van der Waals surface area contributed by atoms with Crippen molar-refractivity contribution < 1.29 is 13.9 Å². The number of nitrogens with one attached hydrogen (secondary N) is 1. The molecule has 2 rings (SSSR count). The van der Waals surface area contributed by atoms with E-state index in [2.05, 4.69) is 15.3 Å². The molecule has 1 aromatic carbocycles. The highest BCUT2D eigenvalue weighted by Gasteiger charge is 2.21. The molecule has 1 heterocycles. The second kappa shape index (κ2) is 6.70. The van der Waals surface area contributed by atoms with Crippen molar-refractivity contribution in [1.29, 1.82) is 0 Å². The van der Waals surface area contributed by atoms with Crippen LogP contribution in [0.3, 0.4) is 0 Å². The molecule has 5 nitrogen and oxygen atoms in total. The van der Waals surface area contributed by atoms with Gasteiger partial charge in [-0.3, -0.25) is 0 Å². The van der Waals surface area contributed by atoms with E-state index in [1.807, 2.05) is 0 Å². The molecule has 0 saturated heterocycles. The van der Waals surface area contributed by atoms with E-state index in [9.17, 15) is 9.18 Å². The van der Waals surface area contributed by atoms with Crippen molar-refractivity contribution >= 4 is 23.4 Å². The van der Waals surface area contributed by atoms with E-state index < -0.39 is 11.8 Å². The lowest BCUT2D eigenvalue weighted by Crippen LogP contribution is -2.14. The Labute approximate surface area is 132 Å². The van der Waals surface area contributed by atoms with Gasteiger partial charge in [0, 0.05) is 7.05 Å². The summed E-state index contributed by atoms with van der Waals surface area (Å²) >= 11 is 6.03. The fourth-order valence-electron chi connectivity index (χ4n) is 2.02. The molecule has 0 aliphatic heterocycles. The molecule has 1 N–H and O–H groups in total. The largest absolute Gasteiger partial charge is 0.462 e. The van der Waals surface area contributed by atoms with Gasteiger partial charge >= 0.3 is 5.97 Å². The number of aryl methyl sites for hydroxylation is 1. The van der Waals surface area contributed by atoms with Gasteiger partial charge < -0.3 is 10.1 Å². The van der Waals surface area contributed by atoms with Gasteiger partial charge in [0.1, 0.15) is 17.2 Å². The van der Waals surface area contributed by atoms with Crippen LogP contribution in [0.1, 0.15) is 23.0 Å². The number of ether oxygens (including phenoxy) is 1. The first-order chi connectivity index (χ1) is 10.5. The molecular formula is C15H15ClFN3O2. The van der Waals surface area contributed by atoms with Crippen LogP contribution in [-0.4, -0.2) is 29.6 Å². The molecule has 0 aliphatic rings. The zero-order valence-corrected chi connectivity index (χ0v) is 13.2. The zero-order chi connectivity index (χ0) is 16.3. The Bertz CT molecular complexity index is 702. The third-order valence-corrected chi connectivity index (χ3v) is 3.31. The molecule has 0 fully saturated rings. The van der Waals surface area contributed by atoms with Crippen LogP contribution in [0.15, 0.2) is 18.2 Å². The molecule has 0 spiro atoms. The normalized spacial score (nSPS) is 10.4. The van der Waals surface area contributed by atoms with Gasteiger partial charge in [-0.15, -0.1) is 0 Å². The molecule has 0 amide bonds. The summed E-state index contributed by atoms with van der Waals surface area (Å²) in [6.45, 7) is 3.58. The number of hydrogen-bond acceptors (Lipinski definition) is 5. The summed E-state index contributed by atoms with van der Waals surface area (Å²) in [6, 6.07) is 4.33. The Hall–Kier alpha value is -2.21. The molecule has 0 radical (unpaired) electrons. The summed E-state index contributed by atoms with van der Waals surface area (Å²) in [5.41, 5.74) is 0.701. The molecule has 7 heteroatoms. The summed E-state index contributed by atoms with van der Waals surface area (Å²) in [7, 11) is 1.61. The van der Waals surface area contributed by atoms with Crippen LogP contribution in [0.5, 0.6) is 0 Å². The average Bonchev–Trinajstić information content (AvgIpc) is 2.46. The van der Waals surface area contributed by atoms with Crippen molar-refractivity contribution in [2.45, 2.75) is 13.8 Å². The summed E-state index contributed by atoms with van der Waals surface area (Å²) in [5.74, 6) is -0.688. The number of hydrogen-bond donors (Lipinski definition) is 1. The van der Waals surface area contributed by atoms with Gasteiger partial charge in [-0.1, -0.05) is 17.7 Å². The minimum Gasteiger partial charge on any atom is -0.462 e. The predicted octanol–water partition coefficient (Wildman–Crippen LogP) is 3.46. The number of esters is 1. The lowest BCUT2D eigenvalue weighted by molar-refractivity contribution is 0.0525. The van der Waals surface area contributed by atoms with Gasteiger partial charge in [-0.05, 0) is 26.0 Å². The van der Waals surface area contributed by atoms with Gasteiger partial charge in [0.25, 0.3) is 0 Å². The Balaban J connectivity index is 2.62. The van der Waals surface area contributed by atoms with Crippen molar-refractivity contribution in [2.75, 3.05) is 19.0 Å². The van der Waals surface area contributed by atoms with Crippen molar-refractivity contribution in [1.82, 2.24) is 9.97 Å². The van der Waals surface area contributed by atoms with Gasteiger partial charge in [-0.2, -0.15) is 0 Å². The first-order valence-corrected chi connectivity index (χ1v) is 7.05. The van der Waals surface area contributed by atoms with Crippen molar-refractivity contribution in [3.05, 3.63) is 40.3 Å². The second-order valence-corrected chi connectivity index (χ2v) is 4.83. The molecular weight excluding hydrogens is 309 g/mol. The summed E-state index contributed by atoms with van der Waals surface area (Å²) in [5, 5.41) is 3.01. The highest BCUT2D eigenvalue weighted by atomic mass is 35.5. The first-order valence-electron chi connectivity index (χ1n) is 6.67. The number of halogens is 2. The van der Waals surface area contributed by atoms with E-state index in [1.165, 1.54) is 12.1 Å². The van der Waals surface area contributed by atoms with Gasteiger partial charge in [-0.25, -0.2) is 19.2 Å². The van der Waals surface area contributed by atoms with Crippen LogP contribution in [0, 0.1) is 12.7 Å². The monoisotopic (exact) mass is 323 g/mol. The fraction of sp³-hybridized carbons (Fsp3) is 0.267. The lowest BCUT2D eigenvalue weighted by Gasteiger charge is -2.13. The molecule has 0 bridgehead atoms. The number of carbonyl (C=O) groups excluding carboxylic acids is 1. The SMILES string of the molecule is CCOC(=O)c1c(C)nc(-c2c(F)cccc2Cl)nc1NC. The number of anilines is 1. The molecule has 0 saturated carbocycles. The maximum absolute atomic E-state index is 14.0. The van der Waals surface area contributed by atoms with E-state index in [0.717, 1.165) is 0 Å². The highest BCUT2D eigenvalue weighted by Crippen LogP contribution is 2.30. The van der Waals surface area contributed by atoms with Gasteiger partial charge in [0.15, 0.2) is 5.82 Å². The highest BCUT2D eigenvalue weighted by molar-refractivity contribution is 6.33. The van der Waals surface area contributed by atoms with E-state index in [1.54, 1.807) is 27.0 Å². The Morgan fingerprint density at radius 2 is 2.14 bits per heavy atom. The molecule has 0 atom stereocenters. The van der Waals surface area contributed by atoms with Gasteiger partial charge in [0.2, 0.25) is 0 Å². The molecule has 2 aromatic rings. The third kappa shape index (κ3) is 3.01. The number of aromatic nitrogens is 2. The van der Waals surface area contributed by atoms with Crippen LogP contribution in [0.2, 0.25) is 5.02 Å². The smallest absolute Gasteiger partial charge is 0.343 e. The van der Waals surface area contributed by atoms with Crippen molar-refractivity contribution in [3.63, 3.8) is 0 Å². The molecule has 1 aromatic heterocycles. The van der Waals surface area contributed by atoms with Gasteiger partial charge in [0.05, 0.1) is 22.9 Å². The lowest BCUT2D eigenvalue weighted by atomic mass is 10.1. The van der Waals surface area contributed by atoms with Crippen LogP contribution < -0.4 is 5.32 Å². The maximum Gasteiger partial charge on any atom is 0.343 e. The third-order valence-electron chi connectivity index (χ3n) is 2.99. The molecule has 22 heavy (non-hydrogen) atoms. The van der Waals surface area contributed by atoms with Crippen LogP contribution >= 0.6 is 11.6 Å². The van der Waals surface area contributed by atoms with Crippen LogP contribution in [-0.2, 0) is 4.74 Å². The quantitative estimate of drug-likeness (QED) is 0.873. The van der Waals surface area contributed by atoms with Crippen LogP contribution in [0.4, 0.5) is 10.2 Å². The average molecular weight is 324 g/mol. The number of nitrogens with zero attached hydrogens (tertiary/aromatic N) is 2. The topological polar surface area (TPSA) is 64.1 Å². The summed E-state index contributed by atoms with van der Waals surface area (Å²) < 4.78 is 19.0. The number of benzene rings is 1. The minimum absolute atomic E-state index is 0.0965. The van der Waals surface area contributed by atoms with E-state index in [-0.39, 0.29) is 34.4 Å². The Morgan fingerprint density at radius 1 is 1.41 bits per heavy atom. The molecule has 0 unspecified atom stereocenters. The fourth-order valence-corrected chi connectivity index (χ4v) is 2.27. The Morgan fingerprint density at radius 3 is 2.73 bits per heavy atom. The minimum atomic E-state index is -0.532. The Kier molecular flexibility index (Phi) is 4.92. The zero-order valence-electron chi connectivity index (χ0n) is 12.4. The van der Waals surface area contributed by atoms with Crippen molar-refractivity contribution in [2.24, 2.45) is 0 Å². The number of carbonyl (C=O) groups is 1. The molecule has 116 valence electrons. The van der Waals surface area contributed by atoms with E-state index in [0.29, 0.717) is 5.69 Å². The summed E-state index contributed by atoms with van der Waals surface area (Å²) in [4.78, 5) is 20.4. The summed E-state index contributed by atoms with van der Waals surface area (Å²) in [6.07, 6.45) is 0. The molecule has 0 aliphatic carbocycles.